The van der Waals surface area contributed by atoms with Crippen LogP contribution >= 0.6 is 22.7 Å². The van der Waals surface area contributed by atoms with Gasteiger partial charge >= 0.3 is 12.1 Å². The van der Waals surface area contributed by atoms with Crippen molar-refractivity contribution in [3.63, 3.8) is 0 Å². The number of hydrogen-bond donors (Lipinski definition) is 5. The predicted molar refractivity (Wildman–Crippen MR) is 246 cm³/mol. The van der Waals surface area contributed by atoms with Crippen molar-refractivity contribution in [3.8, 4) is 17.0 Å². The average molecular weight is 944 g/mol. The third-order valence-electron chi connectivity index (χ3n) is 9.91. The normalized spacial score (nSPS) is 13.3. The fourth-order valence-electron chi connectivity index (χ4n) is 6.62. The summed E-state index contributed by atoms with van der Waals surface area (Å²) in [7, 11) is 0. The van der Waals surface area contributed by atoms with E-state index in [0.717, 1.165) is 53.8 Å². The highest BCUT2D eigenvalue weighted by Gasteiger charge is 2.36. The van der Waals surface area contributed by atoms with Crippen molar-refractivity contribution in [2.45, 2.75) is 32.2 Å². The number of thiazole rings is 2. The van der Waals surface area contributed by atoms with Crippen LogP contribution in [0.25, 0.3) is 11.3 Å². The molecule has 0 fully saturated rings. The molecular formula is C46H45F4N9O5S2. The SMILES string of the molecule is O=C(NCCOCCNCCCc1ccc(OCc2ccc(F)c(C(F)(F)F)c2)c(CNCCO)c1)c1ccc(-c2csc(N3N=C(c4ccccc4)/C(=N\Nc4nccs4)C3=O)n2)cc1. The molecule has 0 saturated heterocycles. The van der Waals surface area contributed by atoms with Gasteiger partial charge in [0.15, 0.2) is 5.71 Å². The number of alkyl halides is 3. The van der Waals surface area contributed by atoms with E-state index < -0.39 is 23.5 Å². The van der Waals surface area contributed by atoms with Crippen LogP contribution in [0.5, 0.6) is 5.75 Å². The van der Waals surface area contributed by atoms with Crippen LogP contribution in [0.3, 0.4) is 0 Å². The van der Waals surface area contributed by atoms with Crippen molar-refractivity contribution in [3.05, 3.63) is 147 Å². The fraction of sp³-hybridized carbons (Fsp3) is 0.261. The number of carbonyl (C=O) groups excluding carboxylic acids is 2. The molecule has 344 valence electrons. The van der Waals surface area contributed by atoms with E-state index in [2.05, 4.69) is 41.5 Å². The number of amides is 2. The molecule has 14 nitrogen and oxygen atoms in total. The number of halogens is 4. The third kappa shape index (κ3) is 12.9. The van der Waals surface area contributed by atoms with Gasteiger partial charge in [0.1, 0.15) is 23.9 Å². The number of ether oxygens (including phenoxy) is 2. The number of nitrogens with zero attached hydrogens (tertiary/aromatic N) is 5. The fourth-order valence-corrected chi connectivity index (χ4v) is 7.87. The minimum Gasteiger partial charge on any atom is -0.489 e. The Morgan fingerprint density at radius 2 is 1.68 bits per heavy atom. The molecule has 5 N–H and O–H groups in total. The first-order valence-electron chi connectivity index (χ1n) is 20.8. The quantitative estimate of drug-likeness (QED) is 0.0250. The van der Waals surface area contributed by atoms with Gasteiger partial charge in [-0.3, -0.25) is 15.0 Å². The number of hydrazone groups is 2. The Kier molecular flexibility index (Phi) is 16.7. The van der Waals surface area contributed by atoms with Gasteiger partial charge in [-0.15, -0.1) is 22.7 Å². The van der Waals surface area contributed by atoms with Crippen LogP contribution in [0.2, 0.25) is 0 Å². The number of carbonyl (C=O) groups is 2. The molecule has 0 saturated carbocycles. The highest BCUT2D eigenvalue weighted by Crippen LogP contribution is 2.33. The number of aromatic nitrogens is 2. The number of benzene rings is 4. The number of nitrogens with one attached hydrogen (secondary N) is 4. The molecule has 0 radical (unpaired) electrons. The van der Waals surface area contributed by atoms with Gasteiger partial charge in [0, 0.05) is 65.4 Å². The number of aliphatic hydroxyl groups is 1. The summed E-state index contributed by atoms with van der Waals surface area (Å²) in [5, 5.41) is 33.2. The summed E-state index contributed by atoms with van der Waals surface area (Å²) < 4.78 is 64.8. The van der Waals surface area contributed by atoms with Gasteiger partial charge in [-0.05, 0) is 60.8 Å². The topological polar surface area (TPSA) is 175 Å². The van der Waals surface area contributed by atoms with Crippen molar-refractivity contribution in [2.24, 2.45) is 10.2 Å². The second-order valence-corrected chi connectivity index (χ2v) is 16.3. The van der Waals surface area contributed by atoms with Crippen LogP contribution in [0.15, 0.2) is 118 Å². The minimum absolute atomic E-state index is 0.0613. The molecule has 1 aliphatic rings. The van der Waals surface area contributed by atoms with Crippen molar-refractivity contribution in [1.82, 2.24) is 25.9 Å². The summed E-state index contributed by atoms with van der Waals surface area (Å²) in [6.07, 6.45) is -1.60. The largest absolute Gasteiger partial charge is 0.489 e. The second kappa shape index (κ2) is 23.2. The van der Waals surface area contributed by atoms with Crippen LogP contribution < -0.4 is 31.1 Å². The van der Waals surface area contributed by atoms with Gasteiger partial charge in [-0.2, -0.15) is 28.4 Å². The molecular weight excluding hydrogens is 899 g/mol. The first-order valence-corrected chi connectivity index (χ1v) is 22.6. The maximum atomic E-state index is 13.7. The van der Waals surface area contributed by atoms with E-state index in [1.807, 2.05) is 47.8 Å². The predicted octanol–water partition coefficient (Wildman–Crippen LogP) is 7.27. The Labute approximate surface area is 385 Å². The lowest BCUT2D eigenvalue weighted by Crippen LogP contribution is -2.28. The monoisotopic (exact) mass is 943 g/mol. The standard InChI is InChI=1S/C46H45F4N9O5S2/c47-37-14-8-31(26-36(37)46(48,49)50)28-64-39-15-9-30(25-35(39)27-52-17-21-60)5-4-16-51-18-22-63-23-19-53-42(61)34-12-10-32(11-13-34)38-29-66-45(55-38)59-43(62)41(56-57-44-54-20-24-65-44)40(58-59)33-6-2-1-3-7-33/h1-3,6-15,20,24-26,29,51-52,60H,4-5,16-19,21-23,27-28H2,(H,53,61)(H,54,57)/b56-41+. The van der Waals surface area contributed by atoms with Crippen LogP contribution in [0, 0.1) is 5.82 Å². The van der Waals surface area contributed by atoms with Crippen LogP contribution in [0.4, 0.5) is 27.8 Å². The molecule has 7 rings (SSSR count). The lowest BCUT2D eigenvalue weighted by Gasteiger charge is -2.15. The summed E-state index contributed by atoms with van der Waals surface area (Å²) in [5.41, 5.74) is 6.63. The van der Waals surface area contributed by atoms with Crippen molar-refractivity contribution in [1.29, 1.82) is 0 Å². The van der Waals surface area contributed by atoms with Gasteiger partial charge in [0.2, 0.25) is 10.3 Å². The molecule has 0 atom stereocenters. The lowest BCUT2D eigenvalue weighted by atomic mass is 10.0. The van der Waals surface area contributed by atoms with E-state index in [1.54, 1.807) is 41.9 Å². The molecule has 0 unspecified atom stereocenters. The summed E-state index contributed by atoms with van der Waals surface area (Å²) in [5.74, 6) is -1.54. The summed E-state index contributed by atoms with van der Waals surface area (Å²) in [6.45, 7) is 2.93. The number of hydrogen-bond acceptors (Lipinski definition) is 14. The first-order chi connectivity index (χ1) is 32.1. The van der Waals surface area contributed by atoms with Crippen molar-refractivity contribution < 1.29 is 41.7 Å². The maximum Gasteiger partial charge on any atom is 0.419 e. The molecule has 1 aliphatic heterocycles. The van der Waals surface area contributed by atoms with Crippen LogP contribution in [0.1, 0.15) is 44.6 Å². The molecule has 0 bridgehead atoms. The molecule has 2 amide bonds. The van der Waals surface area contributed by atoms with Gasteiger partial charge < -0.3 is 30.5 Å². The zero-order valence-corrected chi connectivity index (χ0v) is 36.9. The van der Waals surface area contributed by atoms with Crippen molar-refractivity contribution in [2.75, 3.05) is 56.4 Å². The molecule has 3 heterocycles. The van der Waals surface area contributed by atoms with E-state index in [0.29, 0.717) is 72.4 Å². The summed E-state index contributed by atoms with van der Waals surface area (Å²) in [6, 6.07) is 24.7. The van der Waals surface area contributed by atoms with E-state index in [9.17, 15) is 32.3 Å². The molecule has 20 heteroatoms. The average Bonchev–Trinajstić information content (AvgIpc) is 4.10. The van der Waals surface area contributed by atoms with E-state index >= 15 is 0 Å². The molecule has 66 heavy (non-hydrogen) atoms. The number of aryl methyl sites for hydroxylation is 1. The summed E-state index contributed by atoms with van der Waals surface area (Å²) in [4.78, 5) is 35.3. The highest BCUT2D eigenvalue weighted by molar-refractivity contribution is 7.14. The minimum atomic E-state index is -4.81. The van der Waals surface area contributed by atoms with Gasteiger partial charge in [0.25, 0.3) is 5.91 Å². The Balaban J connectivity index is 0.807. The second-order valence-electron chi connectivity index (χ2n) is 14.6. The first kappa shape index (κ1) is 47.5. The Morgan fingerprint density at radius 3 is 2.45 bits per heavy atom. The third-order valence-corrected chi connectivity index (χ3v) is 11.4. The van der Waals surface area contributed by atoms with E-state index in [4.69, 9.17) is 9.47 Å². The number of aliphatic hydroxyl groups excluding tert-OH is 1. The zero-order valence-electron chi connectivity index (χ0n) is 35.3. The van der Waals surface area contributed by atoms with Crippen molar-refractivity contribution >= 4 is 56.2 Å². The van der Waals surface area contributed by atoms with Crippen LogP contribution in [-0.2, 0) is 35.3 Å². The van der Waals surface area contributed by atoms with E-state index in [1.165, 1.54) is 33.7 Å². The van der Waals surface area contributed by atoms with E-state index in [-0.39, 0.29) is 30.4 Å². The molecule has 0 aliphatic carbocycles. The zero-order chi connectivity index (χ0) is 46.3. The highest BCUT2D eigenvalue weighted by atomic mass is 32.1. The maximum absolute atomic E-state index is 13.7. The number of anilines is 2. The number of rotatable bonds is 23. The Hall–Kier alpha value is -6.42. The molecule has 4 aromatic carbocycles. The Morgan fingerprint density at radius 1 is 0.879 bits per heavy atom. The van der Waals surface area contributed by atoms with Gasteiger partial charge in [0.05, 0.1) is 31.1 Å². The van der Waals surface area contributed by atoms with Crippen LogP contribution in [-0.4, -0.2) is 84.3 Å². The van der Waals surface area contributed by atoms with Gasteiger partial charge in [-0.25, -0.2) is 14.4 Å². The Bertz CT molecular complexity index is 2610. The lowest BCUT2D eigenvalue weighted by molar-refractivity contribution is -0.140. The summed E-state index contributed by atoms with van der Waals surface area (Å²) >= 11 is 2.61. The molecule has 2 aromatic heterocycles. The van der Waals surface area contributed by atoms with Gasteiger partial charge in [-0.1, -0.05) is 60.7 Å². The smallest absolute Gasteiger partial charge is 0.419 e. The molecule has 0 spiro atoms. The molecule has 6 aromatic rings.